The standard InChI is InChI=1S/C16H11ClN4O/c17-13-6-8-14(9-7-13)19-20-16-18-10-11-21(16)15(22)12-4-2-1-3-5-12/h1-11H. The van der Waals surface area contributed by atoms with Gasteiger partial charge in [-0.3, -0.25) is 4.79 Å². The first-order valence-corrected chi connectivity index (χ1v) is 6.92. The van der Waals surface area contributed by atoms with Gasteiger partial charge in [0.25, 0.3) is 11.9 Å². The van der Waals surface area contributed by atoms with E-state index in [1.807, 2.05) is 6.07 Å². The number of hydrogen-bond donors (Lipinski definition) is 0. The molecule has 22 heavy (non-hydrogen) atoms. The highest BCUT2D eigenvalue weighted by atomic mass is 35.5. The molecule has 0 atom stereocenters. The maximum Gasteiger partial charge on any atom is 0.264 e. The van der Waals surface area contributed by atoms with Gasteiger partial charge in [0.1, 0.15) is 0 Å². The lowest BCUT2D eigenvalue weighted by Gasteiger charge is -2.02. The third-order valence-electron chi connectivity index (χ3n) is 2.94. The van der Waals surface area contributed by atoms with Gasteiger partial charge in [0.2, 0.25) is 0 Å². The van der Waals surface area contributed by atoms with Crippen LogP contribution in [0.3, 0.4) is 0 Å². The molecule has 0 fully saturated rings. The molecular weight excluding hydrogens is 300 g/mol. The Kier molecular flexibility index (Phi) is 4.07. The zero-order valence-corrected chi connectivity index (χ0v) is 12.2. The Morgan fingerprint density at radius 1 is 1.00 bits per heavy atom. The van der Waals surface area contributed by atoms with Crippen molar-refractivity contribution in [1.82, 2.24) is 9.55 Å². The summed E-state index contributed by atoms with van der Waals surface area (Å²) in [6, 6.07) is 15.8. The minimum absolute atomic E-state index is 0.205. The first-order valence-electron chi connectivity index (χ1n) is 6.54. The predicted octanol–water partition coefficient (Wildman–Crippen LogP) is 4.64. The fourth-order valence-corrected chi connectivity index (χ4v) is 1.98. The molecule has 5 nitrogen and oxygen atoms in total. The van der Waals surface area contributed by atoms with Crippen LogP contribution in [-0.4, -0.2) is 15.5 Å². The summed E-state index contributed by atoms with van der Waals surface area (Å²) < 4.78 is 1.36. The number of benzene rings is 2. The first-order chi connectivity index (χ1) is 10.7. The van der Waals surface area contributed by atoms with E-state index < -0.39 is 0 Å². The van der Waals surface area contributed by atoms with E-state index in [9.17, 15) is 4.79 Å². The van der Waals surface area contributed by atoms with Gasteiger partial charge >= 0.3 is 0 Å². The molecule has 3 rings (SSSR count). The molecule has 0 spiro atoms. The number of rotatable bonds is 3. The molecule has 0 aliphatic heterocycles. The maximum absolute atomic E-state index is 12.4. The van der Waals surface area contributed by atoms with Crippen molar-refractivity contribution >= 4 is 29.1 Å². The molecular formula is C16H11ClN4O. The maximum atomic E-state index is 12.4. The van der Waals surface area contributed by atoms with Crippen LogP contribution in [0.2, 0.25) is 5.02 Å². The van der Waals surface area contributed by atoms with Crippen LogP contribution in [0.5, 0.6) is 0 Å². The lowest BCUT2D eigenvalue weighted by molar-refractivity contribution is 0.0961. The summed E-state index contributed by atoms with van der Waals surface area (Å²) in [5, 5.41) is 8.71. The van der Waals surface area contributed by atoms with Gasteiger partial charge in [-0.05, 0) is 36.4 Å². The van der Waals surface area contributed by atoms with Crippen LogP contribution in [0.25, 0.3) is 0 Å². The van der Waals surface area contributed by atoms with Crippen molar-refractivity contribution in [2.24, 2.45) is 10.2 Å². The van der Waals surface area contributed by atoms with Crippen LogP contribution in [0.1, 0.15) is 10.4 Å². The molecule has 0 bridgehead atoms. The fourth-order valence-electron chi connectivity index (χ4n) is 1.86. The van der Waals surface area contributed by atoms with Crippen LogP contribution in [-0.2, 0) is 0 Å². The largest absolute Gasteiger partial charge is 0.268 e. The molecule has 0 aliphatic rings. The van der Waals surface area contributed by atoms with Crippen LogP contribution < -0.4 is 0 Å². The monoisotopic (exact) mass is 310 g/mol. The lowest BCUT2D eigenvalue weighted by atomic mass is 10.2. The average molecular weight is 311 g/mol. The molecule has 1 heterocycles. The Labute approximate surface area is 131 Å². The molecule has 0 unspecified atom stereocenters. The second kappa shape index (κ2) is 6.32. The highest BCUT2D eigenvalue weighted by Gasteiger charge is 2.12. The van der Waals surface area contributed by atoms with E-state index in [1.165, 1.54) is 10.8 Å². The van der Waals surface area contributed by atoms with E-state index in [-0.39, 0.29) is 11.9 Å². The third-order valence-corrected chi connectivity index (χ3v) is 3.19. The van der Waals surface area contributed by atoms with Gasteiger partial charge in [-0.1, -0.05) is 29.8 Å². The van der Waals surface area contributed by atoms with Crippen LogP contribution in [0, 0.1) is 0 Å². The lowest BCUT2D eigenvalue weighted by Crippen LogP contribution is -2.10. The van der Waals surface area contributed by atoms with Crippen molar-refractivity contribution in [3.8, 4) is 0 Å². The third kappa shape index (κ3) is 3.10. The summed E-state index contributed by atoms with van der Waals surface area (Å²) in [5.41, 5.74) is 1.19. The van der Waals surface area contributed by atoms with Crippen molar-refractivity contribution in [3.05, 3.63) is 77.6 Å². The number of imidazole rings is 1. The predicted molar refractivity (Wildman–Crippen MR) is 84.0 cm³/mol. The van der Waals surface area contributed by atoms with Crippen molar-refractivity contribution < 1.29 is 4.79 Å². The highest BCUT2D eigenvalue weighted by molar-refractivity contribution is 6.30. The number of aromatic nitrogens is 2. The number of hydrogen-bond acceptors (Lipinski definition) is 4. The molecule has 0 aliphatic carbocycles. The molecule has 6 heteroatoms. The number of carbonyl (C=O) groups is 1. The summed E-state index contributed by atoms with van der Waals surface area (Å²) in [6.45, 7) is 0. The summed E-state index contributed by atoms with van der Waals surface area (Å²) in [6.07, 6.45) is 3.07. The summed E-state index contributed by atoms with van der Waals surface area (Å²) in [4.78, 5) is 16.4. The quantitative estimate of drug-likeness (QED) is 0.662. The van der Waals surface area contributed by atoms with Gasteiger partial charge in [0.15, 0.2) is 0 Å². The molecule has 0 radical (unpaired) electrons. The minimum Gasteiger partial charge on any atom is -0.268 e. The Hall–Kier alpha value is -2.79. The normalized spacial score (nSPS) is 11.0. The van der Waals surface area contributed by atoms with Crippen LogP contribution >= 0.6 is 11.6 Å². The van der Waals surface area contributed by atoms with Crippen LogP contribution in [0.15, 0.2) is 77.2 Å². The molecule has 0 N–H and O–H groups in total. The van der Waals surface area contributed by atoms with E-state index >= 15 is 0 Å². The van der Waals surface area contributed by atoms with E-state index in [1.54, 1.807) is 54.7 Å². The second-order valence-electron chi connectivity index (χ2n) is 4.44. The Balaban J connectivity index is 1.86. The number of halogens is 1. The molecule has 2 aromatic carbocycles. The summed E-state index contributed by atoms with van der Waals surface area (Å²) in [7, 11) is 0. The summed E-state index contributed by atoms with van der Waals surface area (Å²) in [5.74, 6) is 0.0203. The highest BCUT2D eigenvalue weighted by Crippen LogP contribution is 2.20. The molecule has 1 aromatic heterocycles. The fraction of sp³-hybridized carbons (Fsp3) is 0. The zero-order chi connectivity index (χ0) is 15.4. The van der Waals surface area contributed by atoms with Gasteiger partial charge < -0.3 is 0 Å². The smallest absolute Gasteiger partial charge is 0.264 e. The zero-order valence-electron chi connectivity index (χ0n) is 11.4. The molecule has 3 aromatic rings. The number of azo groups is 1. The molecule has 0 saturated heterocycles. The SMILES string of the molecule is O=C(c1ccccc1)n1ccnc1N=Nc1ccc(Cl)cc1. The van der Waals surface area contributed by atoms with Crippen molar-refractivity contribution in [1.29, 1.82) is 0 Å². The van der Waals surface area contributed by atoms with Gasteiger partial charge in [-0.15, -0.1) is 10.2 Å². The van der Waals surface area contributed by atoms with Gasteiger partial charge in [-0.2, -0.15) is 0 Å². The van der Waals surface area contributed by atoms with Gasteiger partial charge in [0.05, 0.1) is 5.69 Å². The van der Waals surface area contributed by atoms with E-state index in [4.69, 9.17) is 11.6 Å². The van der Waals surface area contributed by atoms with Crippen molar-refractivity contribution in [3.63, 3.8) is 0 Å². The van der Waals surface area contributed by atoms with Gasteiger partial charge in [0, 0.05) is 23.0 Å². The van der Waals surface area contributed by atoms with Crippen molar-refractivity contribution in [2.75, 3.05) is 0 Å². The molecule has 0 saturated carbocycles. The van der Waals surface area contributed by atoms with Gasteiger partial charge in [-0.25, -0.2) is 9.55 Å². The van der Waals surface area contributed by atoms with E-state index in [0.29, 0.717) is 16.3 Å². The Morgan fingerprint density at radius 2 is 1.73 bits per heavy atom. The Morgan fingerprint density at radius 3 is 2.45 bits per heavy atom. The minimum atomic E-state index is -0.205. The number of nitrogens with zero attached hydrogens (tertiary/aromatic N) is 4. The van der Waals surface area contributed by atoms with E-state index in [2.05, 4.69) is 15.2 Å². The molecule has 0 amide bonds. The topological polar surface area (TPSA) is 59.6 Å². The average Bonchev–Trinajstić information content (AvgIpc) is 3.03. The summed E-state index contributed by atoms with van der Waals surface area (Å²) >= 11 is 5.81. The molecule has 108 valence electrons. The van der Waals surface area contributed by atoms with Crippen molar-refractivity contribution in [2.45, 2.75) is 0 Å². The first kappa shape index (κ1) is 14.2. The number of carbonyl (C=O) groups excluding carboxylic acids is 1. The second-order valence-corrected chi connectivity index (χ2v) is 4.88. The Bertz CT molecular complexity index is 810. The van der Waals surface area contributed by atoms with Crippen LogP contribution in [0.4, 0.5) is 11.6 Å². The van der Waals surface area contributed by atoms with E-state index in [0.717, 1.165) is 0 Å².